The van der Waals surface area contributed by atoms with Gasteiger partial charge < -0.3 is 0 Å². The molecular weight excluding hydrogens is 424 g/mol. The van der Waals surface area contributed by atoms with Crippen LogP contribution in [0.15, 0.2) is 84.5 Å². The minimum absolute atomic E-state index is 0.143. The van der Waals surface area contributed by atoms with Crippen molar-refractivity contribution < 1.29 is 9.85 Å². The largest absolute Gasteiger partial charge is 0.365 e. The normalized spacial score (nSPS) is 17.2. The molecule has 0 radical (unpaired) electrons. The lowest BCUT2D eigenvalue weighted by Crippen LogP contribution is -1.98. The van der Waals surface area contributed by atoms with Crippen molar-refractivity contribution in [2.75, 3.05) is 0 Å². The molecule has 0 saturated heterocycles. The molecular formula is C25H20N2O4S. The van der Waals surface area contributed by atoms with Crippen LogP contribution in [-0.2, 0) is 0 Å². The van der Waals surface area contributed by atoms with Crippen LogP contribution in [0.5, 0.6) is 0 Å². The van der Waals surface area contributed by atoms with Gasteiger partial charge in [-0.2, -0.15) is 0 Å². The second-order valence-corrected chi connectivity index (χ2v) is 8.48. The highest BCUT2D eigenvalue weighted by molar-refractivity contribution is 7.17. The highest BCUT2D eigenvalue weighted by Gasteiger charge is 2.38. The molecule has 32 heavy (non-hydrogen) atoms. The van der Waals surface area contributed by atoms with Crippen molar-refractivity contribution in [2.24, 2.45) is 5.92 Å². The molecule has 6 nitrogen and oxygen atoms in total. The molecule has 4 rings (SSSR count). The summed E-state index contributed by atoms with van der Waals surface area (Å²) in [6, 6.07) is 13.2. The number of rotatable bonds is 5. The summed E-state index contributed by atoms with van der Waals surface area (Å²) in [5.74, 6) is 0.143. The van der Waals surface area contributed by atoms with E-state index in [1.54, 1.807) is 19.1 Å². The third kappa shape index (κ3) is 3.90. The molecule has 0 aliphatic heterocycles. The number of allylic oxidation sites excluding steroid dienone is 8. The Hall–Kier alpha value is -3.84. The van der Waals surface area contributed by atoms with E-state index in [0.717, 1.165) is 27.7 Å². The van der Waals surface area contributed by atoms with Gasteiger partial charge in [0.25, 0.3) is 0 Å². The molecule has 0 spiro atoms. The van der Waals surface area contributed by atoms with Crippen molar-refractivity contribution in [3.8, 4) is 10.4 Å². The topological polar surface area (TPSA) is 86.3 Å². The molecule has 1 aliphatic rings. The monoisotopic (exact) mass is 444 g/mol. The van der Waals surface area contributed by atoms with Gasteiger partial charge in [-0.25, -0.2) is 0 Å². The van der Waals surface area contributed by atoms with Gasteiger partial charge in [-0.3, -0.25) is 20.2 Å². The van der Waals surface area contributed by atoms with Crippen LogP contribution in [0.25, 0.3) is 26.8 Å². The summed E-state index contributed by atoms with van der Waals surface area (Å²) in [7, 11) is 0. The molecule has 7 heteroatoms. The molecule has 0 amide bonds. The van der Waals surface area contributed by atoms with Crippen molar-refractivity contribution >= 4 is 39.1 Å². The third-order valence-corrected chi connectivity index (χ3v) is 6.72. The van der Waals surface area contributed by atoms with E-state index in [1.807, 2.05) is 73.7 Å². The fraction of sp³-hybridized carbons (Fsp3) is 0.120. The van der Waals surface area contributed by atoms with Gasteiger partial charge in [0.15, 0.2) is 0 Å². The van der Waals surface area contributed by atoms with Crippen molar-refractivity contribution in [3.05, 3.63) is 110 Å². The molecule has 1 atom stereocenters. The molecule has 0 bridgehead atoms. The Bertz CT molecular complexity index is 1360. The maximum absolute atomic E-state index is 12.0. The molecule has 3 aromatic rings. The summed E-state index contributed by atoms with van der Waals surface area (Å²) in [4.78, 5) is 23.3. The fourth-order valence-corrected chi connectivity index (χ4v) is 5.05. The number of benzene rings is 2. The van der Waals surface area contributed by atoms with Gasteiger partial charge in [-0.1, -0.05) is 73.7 Å². The molecule has 0 N–H and O–H groups in total. The van der Waals surface area contributed by atoms with Gasteiger partial charge in [-0.15, -0.1) is 11.3 Å². The summed E-state index contributed by atoms with van der Waals surface area (Å²) < 4.78 is 0. The highest BCUT2D eigenvalue weighted by Crippen LogP contribution is 2.50. The maximum Gasteiger partial charge on any atom is 0.365 e. The molecule has 1 unspecified atom stereocenters. The number of nitrogens with zero attached hydrogens (tertiary/aromatic N) is 2. The van der Waals surface area contributed by atoms with Gasteiger partial charge in [-0.05, 0) is 52.5 Å². The third-order valence-electron chi connectivity index (χ3n) is 5.46. The second kappa shape index (κ2) is 8.72. The molecule has 2 aromatic carbocycles. The highest BCUT2D eigenvalue weighted by atomic mass is 32.1. The number of hydrogen-bond donors (Lipinski definition) is 0. The predicted molar refractivity (Wildman–Crippen MR) is 130 cm³/mol. The quantitative estimate of drug-likeness (QED) is 0.301. The first-order valence-corrected chi connectivity index (χ1v) is 10.9. The van der Waals surface area contributed by atoms with E-state index in [1.165, 1.54) is 0 Å². The van der Waals surface area contributed by atoms with Crippen molar-refractivity contribution in [3.63, 3.8) is 0 Å². The summed E-state index contributed by atoms with van der Waals surface area (Å²) >= 11 is 1.09. The Morgan fingerprint density at radius 1 is 1.00 bits per heavy atom. The van der Waals surface area contributed by atoms with Crippen LogP contribution in [0.2, 0.25) is 0 Å². The Morgan fingerprint density at radius 2 is 1.72 bits per heavy atom. The first-order valence-electron chi connectivity index (χ1n) is 10.1. The average Bonchev–Trinajstić information content (AvgIpc) is 3.19. The zero-order valence-electron chi connectivity index (χ0n) is 17.5. The molecule has 1 aromatic heterocycles. The minimum Gasteiger partial charge on any atom is -0.258 e. The first-order chi connectivity index (χ1) is 15.4. The molecule has 1 heterocycles. The van der Waals surface area contributed by atoms with E-state index in [9.17, 15) is 20.2 Å². The van der Waals surface area contributed by atoms with Crippen LogP contribution in [0, 0.1) is 26.1 Å². The number of nitro groups is 2. The Morgan fingerprint density at radius 3 is 2.38 bits per heavy atom. The Kier molecular flexibility index (Phi) is 5.83. The molecule has 0 fully saturated rings. The zero-order chi connectivity index (χ0) is 22.8. The van der Waals surface area contributed by atoms with Crippen LogP contribution in [0.4, 0.5) is 11.4 Å². The summed E-state index contributed by atoms with van der Waals surface area (Å²) in [6.45, 7) is 3.81. The van der Waals surface area contributed by atoms with Crippen molar-refractivity contribution in [1.29, 1.82) is 0 Å². The van der Waals surface area contributed by atoms with Crippen LogP contribution >= 0.6 is 11.3 Å². The van der Waals surface area contributed by atoms with Crippen LogP contribution in [0.3, 0.4) is 0 Å². The standard InChI is InChI=1S/C25H20N2O4S/c1-3-17(14-19-10-5-4-8-16(19)2)24-22(26(28)29)23(27(30)31)25(32-24)21-13-12-18-9-6-7-11-20(18)15-21/h3-16H,1-2H3/b17-3+,19-14-. The number of fused-ring (bicyclic) bond motifs is 1. The number of thiophene rings is 1. The van der Waals surface area contributed by atoms with Crippen LogP contribution in [0.1, 0.15) is 18.7 Å². The van der Waals surface area contributed by atoms with Crippen LogP contribution < -0.4 is 0 Å². The van der Waals surface area contributed by atoms with E-state index in [4.69, 9.17) is 0 Å². The molecule has 1 aliphatic carbocycles. The number of hydrogen-bond acceptors (Lipinski definition) is 5. The van der Waals surface area contributed by atoms with E-state index >= 15 is 0 Å². The van der Waals surface area contributed by atoms with E-state index < -0.39 is 21.2 Å². The summed E-state index contributed by atoms with van der Waals surface area (Å²) in [6.07, 6.45) is 11.5. The Balaban J connectivity index is 1.94. The van der Waals surface area contributed by atoms with E-state index in [0.29, 0.717) is 11.1 Å². The van der Waals surface area contributed by atoms with Gasteiger partial charge in [0.2, 0.25) is 0 Å². The first kappa shape index (κ1) is 21.4. The smallest absolute Gasteiger partial charge is 0.258 e. The van der Waals surface area contributed by atoms with Gasteiger partial charge in [0.05, 0.1) is 9.85 Å². The van der Waals surface area contributed by atoms with Crippen LogP contribution in [-0.4, -0.2) is 9.85 Å². The van der Waals surface area contributed by atoms with Crippen molar-refractivity contribution in [1.82, 2.24) is 0 Å². The van der Waals surface area contributed by atoms with Gasteiger partial charge in [0, 0.05) is 0 Å². The predicted octanol–water partition coefficient (Wildman–Crippen LogP) is 7.48. The summed E-state index contributed by atoms with van der Waals surface area (Å²) in [5, 5.41) is 25.9. The Labute approximate surface area is 188 Å². The second-order valence-electron chi connectivity index (χ2n) is 7.45. The maximum atomic E-state index is 12.0. The minimum atomic E-state index is -0.644. The SMILES string of the molecule is C/C=C(\C=C1\C=CC=CC1C)c1sc(-c2ccc3ccccc3c2)c([N+](=O)[O-])c1[N+](=O)[O-]. The zero-order valence-corrected chi connectivity index (χ0v) is 18.3. The fourth-order valence-electron chi connectivity index (χ4n) is 3.77. The van der Waals surface area contributed by atoms with Gasteiger partial charge >= 0.3 is 11.4 Å². The lowest BCUT2D eigenvalue weighted by Gasteiger charge is -2.12. The lowest BCUT2D eigenvalue weighted by atomic mass is 9.94. The molecule has 0 saturated carbocycles. The van der Waals surface area contributed by atoms with Crippen molar-refractivity contribution in [2.45, 2.75) is 13.8 Å². The van der Waals surface area contributed by atoms with Gasteiger partial charge in [0.1, 0.15) is 9.75 Å². The molecule has 160 valence electrons. The average molecular weight is 445 g/mol. The van der Waals surface area contributed by atoms with E-state index in [2.05, 4.69) is 0 Å². The van der Waals surface area contributed by atoms with E-state index in [-0.39, 0.29) is 15.7 Å². The summed E-state index contributed by atoms with van der Waals surface area (Å²) in [5.41, 5.74) is 1.25. The lowest BCUT2D eigenvalue weighted by molar-refractivity contribution is -0.421.